The molecule has 156 valence electrons. The van der Waals surface area contributed by atoms with Crippen LogP contribution in [0, 0.1) is 0 Å². The number of rotatable bonds is 8. The van der Waals surface area contributed by atoms with Crippen LogP contribution in [0.15, 0.2) is 30.3 Å². The number of likely N-dealkylation sites (N-methyl/N-ethyl adjacent to an activating group) is 1. The van der Waals surface area contributed by atoms with Crippen LogP contribution in [0.4, 0.5) is 11.4 Å². The lowest BCUT2D eigenvalue weighted by molar-refractivity contribution is -0.119. The molecule has 0 spiro atoms. The molecular formula is C19H20Cl3N3O4. The molecule has 0 aliphatic rings. The molecule has 2 aromatic carbocycles. The molecule has 0 atom stereocenters. The minimum Gasteiger partial charge on any atom is -0.495 e. The summed E-state index contributed by atoms with van der Waals surface area (Å²) >= 11 is 18.1. The smallest absolute Gasteiger partial charge is 0.238 e. The highest BCUT2D eigenvalue weighted by atomic mass is 35.5. The van der Waals surface area contributed by atoms with Crippen LogP contribution < -0.4 is 20.1 Å². The zero-order valence-corrected chi connectivity index (χ0v) is 18.3. The van der Waals surface area contributed by atoms with Crippen molar-refractivity contribution >= 4 is 58.0 Å². The number of hydrogen-bond donors (Lipinski definition) is 2. The fourth-order valence-electron chi connectivity index (χ4n) is 2.49. The van der Waals surface area contributed by atoms with Crippen molar-refractivity contribution in [2.45, 2.75) is 0 Å². The van der Waals surface area contributed by atoms with Crippen LogP contribution in [0.1, 0.15) is 0 Å². The van der Waals surface area contributed by atoms with Crippen molar-refractivity contribution in [1.29, 1.82) is 0 Å². The third-order valence-corrected chi connectivity index (χ3v) is 4.73. The number of nitrogens with one attached hydrogen (secondary N) is 2. The van der Waals surface area contributed by atoms with Crippen molar-refractivity contribution in [1.82, 2.24) is 4.90 Å². The maximum atomic E-state index is 12.4. The van der Waals surface area contributed by atoms with E-state index in [-0.39, 0.29) is 24.9 Å². The largest absolute Gasteiger partial charge is 0.495 e. The molecule has 0 saturated heterocycles. The number of hydrogen-bond acceptors (Lipinski definition) is 5. The second kappa shape index (κ2) is 10.5. The maximum Gasteiger partial charge on any atom is 0.238 e. The maximum absolute atomic E-state index is 12.4. The van der Waals surface area contributed by atoms with Crippen molar-refractivity contribution in [3.8, 4) is 11.5 Å². The summed E-state index contributed by atoms with van der Waals surface area (Å²) in [5.74, 6) is 0.0739. The predicted molar refractivity (Wildman–Crippen MR) is 116 cm³/mol. The standard InChI is InChI=1S/C19H20Cl3N3O4/c1-25(10-18(27)24-19-11(20)5-4-6-12(19)21)9-17(26)23-14-8-15(28-2)13(22)7-16(14)29-3/h4-8H,9-10H2,1-3H3,(H,23,26)(H,24,27). The van der Waals surface area contributed by atoms with Crippen LogP contribution in [0.2, 0.25) is 15.1 Å². The van der Waals surface area contributed by atoms with Crippen LogP contribution in [-0.2, 0) is 9.59 Å². The Bertz CT molecular complexity index is 888. The van der Waals surface area contributed by atoms with Gasteiger partial charge in [0.1, 0.15) is 11.5 Å². The molecule has 0 aliphatic carbocycles. The summed E-state index contributed by atoms with van der Waals surface area (Å²) < 4.78 is 10.4. The van der Waals surface area contributed by atoms with Gasteiger partial charge in [0, 0.05) is 12.1 Å². The molecule has 0 unspecified atom stereocenters. The van der Waals surface area contributed by atoms with E-state index in [1.807, 2.05) is 0 Å². The molecule has 29 heavy (non-hydrogen) atoms. The number of para-hydroxylation sites is 1. The Morgan fingerprint density at radius 2 is 1.45 bits per heavy atom. The summed E-state index contributed by atoms with van der Waals surface area (Å²) in [7, 11) is 4.56. The number of amides is 2. The zero-order valence-electron chi connectivity index (χ0n) is 16.0. The van der Waals surface area contributed by atoms with Gasteiger partial charge in [-0.1, -0.05) is 40.9 Å². The third kappa shape index (κ3) is 6.40. The quantitative estimate of drug-likeness (QED) is 0.618. The van der Waals surface area contributed by atoms with Crippen molar-refractivity contribution in [3.63, 3.8) is 0 Å². The molecule has 7 nitrogen and oxygen atoms in total. The van der Waals surface area contributed by atoms with Crippen LogP contribution >= 0.6 is 34.8 Å². The van der Waals surface area contributed by atoms with Gasteiger partial charge in [0.05, 0.1) is 53.8 Å². The normalized spacial score (nSPS) is 10.6. The Kier molecular flexibility index (Phi) is 8.40. The minimum atomic E-state index is -0.360. The molecule has 2 N–H and O–H groups in total. The molecule has 2 rings (SSSR count). The Labute approximate surface area is 183 Å². The first-order valence-electron chi connectivity index (χ1n) is 8.39. The topological polar surface area (TPSA) is 79.9 Å². The number of carbonyl (C=O) groups excluding carboxylic acids is 2. The lowest BCUT2D eigenvalue weighted by Gasteiger charge is -2.18. The molecule has 0 aromatic heterocycles. The fraction of sp³-hybridized carbons (Fsp3) is 0.263. The van der Waals surface area contributed by atoms with Gasteiger partial charge < -0.3 is 20.1 Å². The molecule has 10 heteroatoms. The number of halogens is 3. The molecule has 0 saturated carbocycles. The average Bonchev–Trinajstić information content (AvgIpc) is 2.65. The number of carbonyl (C=O) groups is 2. The van der Waals surface area contributed by atoms with E-state index in [0.29, 0.717) is 37.9 Å². The van der Waals surface area contributed by atoms with Crippen molar-refractivity contribution in [2.75, 3.05) is 45.0 Å². The molecule has 2 amide bonds. The lowest BCUT2D eigenvalue weighted by Crippen LogP contribution is -2.36. The van der Waals surface area contributed by atoms with Gasteiger partial charge in [0.2, 0.25) is 11.8 Å². The van der Waals surface area contributed by atoms with Crippen LogP contribution in [-0.4, -0.2) is 51.1 Å². The molecule has 0 heterocycles. The van der Waals surface area contributed by atoms with Gasteiger partial charge in [0.15, 0.2) is 0 Å². The second-order valence-electron chi connectivity index (χ2n) is 6.05. The van der Waals surface area contributed by atoms with E-state index in [4.69, 9.17) is 44.3 Å². The first kappa shape index (κ1) is 23.1. The van der Waals surface area contributed by atoms with Crippen LogP contribution in [0.3, 0.4) is 0 Å². The predicted octanol–water partition coefficient (Wildman–Crippen LogP) is 4.17. The first-order chi connectivity index (χ1) is 13.7. The summed E-state index contributed by atoms with van der Waals surface area (Å²) in [4.78, 5) is 26.1. The van der Waals surface area contributed by atoms with Gasteiger partial charge in [-0.05, 0) is 19.2 Å². The summed E-state index contributed by atoms with van der Waals surface area (Å²) in [6, 6.07) is 8.02. The molecule has 2 aromatic rings. The van der Waals surface area contributed by atoms with Gasteiger partial charge in [-0.2, -0.15) is 0 Å². The Morgan fingerprint density at radius 3 is 2.00 bits per heavy atom. The van der Waals surface area contributed by atoms with Gasteiger partial charge in [-0.3, -0.25) is 14.5 Å². The van der Waals surface area contributed by atoms with Crippen molar-refractivity contribution in [2.24, 2.45) is 0 Å². The molecule has 0 aliphatic heterocycles. The molecule has 0 radical (unpaired) electrons. The number of anilines is 2. The highest BCUT2D eigenvalue weighted by Crippen LogP contribution is 2.35. The Morgan fingerprint density at radius 1 is 0.897 bits per heavy atom. The van der Waals surface area contributed by atoms with Gasteiger partial charge in [-0.25, -0.2) is 0 Å². The summed E-state index contributed by atoms with van der Waals surface area (Å²) in [5, 5.41) is 6.38. The number of ether oxygens (including phenoxy) is 2. The van der Waals surface area contributed by atoms with Crippen molar-refractivity contribution < 1.29 is 19.1 Å². The highest BCUT2D eigenvalue weighted by Gasteiger charge is 2.16. The SMILES string of the molecule is COc1cc(NC(=O)CN(C)CC(=O)Nc2c(Cl)cccc2Cl)c(OC)cc1Cl. The van der Waals surface area contributed by atoms with Gasteiger partial charge in [0.25, 0.3) is 0 Å². The van der Waals surface area contributed by atoms with Gasteiger partial charge >= 0.3 is 0 Å². The first-order valence-corrected chi connectivity index (χ1v) is 9.52. The monoisotopic (exact) mass is 459 g/mol. The van der Waals surface area contributed by atoms with E-state index in [9.17, 15) is 9.59 Å². The molecular weight excluding hydrogens is 441 g/mol. The van der Waals surface area contributed by atoms with Crippen LogP contribution in [0.5, 0.6) is 11.5 Å². The van der Waals surface area contributed by atoms with Crippen molar-refractivity contribution in [3.05, 3.63) is 45.4 Å². The van der Waals surface area contributed by atoms with Gasteiger partial charge in [-0.15, -0.1) is 0 Å². The second-order valence-corrected chi connectivity index (χ2v) is 7.27. The van der Waals surface area contributed by atoms with Crippen LogP contribution in [0.25, 0.3) is 0 Å². The Hall–Kier alpha value is -2.19. The minimum absolute atomic E-state index is 0.0439. The summed E-state index contributed by atoms with van der Waals surface area (Å²) in [5.41, 5.74) is 0.733. The fourth-order valence-corrected chi connectivity index (χ4v) is 3.21. The van der Waals surface area contributed by atoms with E-state index in [1.165, 1.54) is 19.1 Å². The molecule has 0 bridgehead atoms. The number of benzene rings is 2. The molecule has 0 fully saturated rings. The highest BCUT2D eigenvalue weighted by molar-refractivity contribution is 6.39. The number of nitrogens with zero attached hydrogens (tertiary/aromatic N) is 1. The Balaban J connectivity index is 1.96. The summed E-state index contributed by atoms with van der Waals surface area (Å²) in [6.07, 6.45) is 0. The third-order valence-electron chi connectivity index (χ3n) is 3.80. The lowest BCUT2D eigenvalue weighted by atomic mass is 10.2. The van der Waals surface area contributed by atoms with E-state index in [1.54, 1.807) is 37.4 Å². The van der Waals surface area contributed by atoms with E-state index < -0.39 is 0 Å². The zero-order chi connectivity index (χ0) is 21.6. The average molecular weight is 461 g/mol. The van der Waals surface area contributed by atoms with E-state index in [0.717, 1.165) is 0 Å². The van der Waals surface area contributed by atoms with E-state index in [2.05, 4.69) is 10.6 Å². The van der Waals surface area contributed by atoms with E-state index >= 15 is 0 Å². The number of methoxy groups -OCH3 is 2. The summed E-state index contributed by atoms with van der Waals surface area (Å²) in [6.45, 7) is -0.0895.